The van der Waals surface area contributed by atoms with Gasteiger partial charge in [-0.1, -0.05) is 18.9 Å². The molecule has 16 heavy (non-hydrogen) atoms. The Hall–Kier alpha value is -0.630. The molecule has 2 heteroatoms. The molecule has 2 nitrogen and oxygen atoms in total. The lowest BCUT2D eigenvalue weighted by Gasteiger charge is -2.16. The summed E-state index contributed by atoms with van der Waals surface area (Å²) in [6, 6.07) is 0. The van der Waals surface area contributed by atoms with Crippen LogP contribution in [0, 0.1) is 11.8 Å². The van der Waals surface area contributed by atoms with Gasteiger partial charge in [0.1, 0.15) is 5.78 Å². The molecule has 0 aromatic carbocycles. The average Bonchev–Trinajstić information content (AvgIpc) is 2.76. The first kappa shape index (κ1) is 13.4. The zero-order chi connectivity index (χ0) is 11.8. The summed E-state index contributed by atoms with van der Waals surface area (Å²) in [6.07, 6.45) is 10.6. The Morgan fingerprint density at radius 1 is 1.31 bits per heavy atom. The third-order valence-corrected chi connectivity index (χ3v) is 3.71. The molecule has 0 aromatic heterocycles. The van der Waals surface area contributed by atoms with E-state index in [0.717, 1.165) is 38.5 Å². The molecule has 1 saturated carbocycles. The van der Waals surface area contributed by atoms with Gasteiger partial charge in [-0.25, -0.2) is 0 Å². The topological polar surface area (TPSA) is 43.1 Å². The van der Waals surface area contributed by atoms with Crippen molar-refractivity contribution < 1.29 is 4.79 Å². The molecule has 0 saturated heterocycles. The van der Waals surface area contributed by atoms with E-state index in [0.29, 0.717) is 18.2 Å². The van der Waals surface area contributed by atoms with Gasteiger partial charge in [-0.05, 0) is 44.6 Å². The molecule has 2 N–H and O–H groups in total. The van der Waals surface area contributed by atoms with Crippen molar-refractivity contribution in [2.75, 3.05) is 6.54 Å². The van der Waals surface area contributed by atoms with E-state index >= 15 is 0 Å². The average molecular weight is 223 g/mol. The van der Waals surface area contributed by atoms with Crippen LogP contribution in [0.15, 0.2) is 12.7 Å². The Kier molecular flexibility index (Phi) is 6.39. The van der Waals surface area contributed by atoms with Gasteiger partial charge in [0.15, 0.2) is 0 Å². The molecule has 2 atom stereocenters. The lowest BCUT2D eigenvalue weighted by atomic mass is 9.89. The van der Waals surface area contributed by atoms with Crippen molar-refractivity contribution in [1.29, 1.82) is 0 Å². The molecule has 0 radical (unpaired) electrons. The van der Waals surface area contributed by atoms with Crippen molar-refractivity contribution in [2.45, 2.75) is 51.4 Å². The van der Waals surface area contributed by atoms with Crippen LogP contribution in [0.25, 0.3) is 0 Å². The largest absolute Gasteiger partial charge is 0.330 e. The minimum absolute atomic E-state index is 0.282. The number of ketones is 1. The van der Waals surface area contributed by atoms with Crippen LogP contribution < -0.4 is 5.73 Å². The molecule has 0 bridgehead atoms. The standard InChI is InChI=1S/C14H25NO/c1-2-3-4-5-6-10-14(16)13-9-7-8-12(13)11-15/h2,12-13H,1,3-11,15H2. The summed E-state index contributed by atoms with van der Waals surface area (Å²) in [4.78, 5) is 12.0. The summed E-state index contributed by atoms with van der Waals surface area (Å²) in [6.45, 7) is 4.38. The quantitative estimate of drug-likeness (QED) is 0.507. The number of rotatable bonds is 8. The maximum absolute atomic E-state index is 12.0. The summed E-state index contributed by atoms with van der Waals surface area (Å²) in [5.41, 5.74) is 5.69. The second-order valence-corrected chi connectivity index (χ2v) is 4.89. The van der Waals surface area contributed by atoms with Crippen molar-refractivity contribution in [2.24, 2.45) is 17.6 Å². The van der Waals surface area contributed by atoms with Crippen LogP contribution in [0.2, 0.25) is 0 Å². The van der Waals surface area contributed by atoms with E-state index in [1.54, 1.807) is 0 Å². The molecular formula is C14H25NO. The van der Waals surface area contributed by atoms with Crippen molar-refractivity contribution in [3.05, 3.63) is 12.7 Å². The van der Waals surface area contributed by atoms with Crippen LogP contribution in [-0.4, -0.2) is 12.3 Å². The highest BCUT2D eigenvalue weighted by molar-refractivity contribution is 5.81. The normalized spacial score (nSPS) is 24.6. The van der Waals surface area contributed by atoms with Gasteiger partial charge in [0.25, 0.3) is 0 Å². The molecule has 1 aliphatic rings. The molecule has 0 aliphatic heterocycles. The van der Waals surface area contributed by atoms with Crippen LogP contribution in [-0.2, 0) is 4.79 Å². The minimum atomic E-state index is 0.282. The van der Waals surface area contributed by atoms with Gasteiger partial charge < -0.3 is 5.73 Å². The van der Waals surface area contributed by atoms with Crippen molar-refractivity contribution in [1.82, 2.24) is 0 Å². The van der Waals surface area contributed by atoms with Gasteiger partial charge in [-0.3, -0.25) is 4.79 Å². The molecule has 1 fully saturated rings. The first-order chi connectivity index (χ1) is 7.79. The van der Waals surface area contributed by atoms with Crippen LogP contribution >= 0.6 is 0 Å². The molecule has 0 spiro atoms. The SMILES string of the molecule is C=CCCCCCC(=O)C1CCCC1CN. The third-order valence-electron chi connectivity index (χ3n) is 3.71. The molecule has 0 aromatic rings. The smallest absolute Gasteiger partial charge is 0.136 e. The number of nitrogens with two attached hydrogens (primary N) is 1. The summed E-state index contributed by atoms with van der Waals surface area (Å²) >= 11 is 0. The first-order valence-electron chi connectivity index (χ1n) is 6.63. The van der Waals surface area contributed by atoms with E-state index in [4.69, 9.17) is 5.73 Å². The number of unbranched alkanes of at least 4 members (excludes halogenated alkanes) is 3. The van der Waals surface area contributed by atoms with E-state index in [9.17, 15) is 4.79 Å². The Morgan fingerprint density at radius 3 is 2.81 bits per heavy atom. The second-order valence-electron chi connectivity index (χ2n) is 4.89. The fraction of sp³-hybridized carbons (Fsp3) is 0.786. The van der Waals surface area contributed by atoms with Gasteiger partial charge >= 0.3 is 0 Å². The summed E-state index contributed by atoms with van der Waals surface area (Å²) in [5.74, 6) is 1.22. The number of carbonyl (C=O) groups excluding carboxylic acids is 1. The first-order valence-corrected chi connectivity index (χ1v) is 6.63. The Labute approximate surface area is 99.3 Å². The molecule has 2 unspecified atom stereocenters. The minimum Gasteiger partial charge on any atom is -0.330 e. The van der Waals surface area contributed by atoms with Crippen LogP contribution in [0.3, 0.4) is 0 Å². The van der Waals surface area contributed by atoms with Gasteiger partial charge in [-0.15, -0.1) is 6.58 Å². The van der Waals surface area contributed by atoms with Crippen LogP contribution in [0.4, 0.5) is 0 Å². The number of carbonyl (C=O) groups is 1. The van der Waals surface area contributed by atoms with Crippen molar-refractivity contribution in [3.8, 4) is 0 Å². The number of hydrogen-bond acceptors (Lipinski definition) is 2. The summed E-state index contributed by atoms with van der Waals surface area (Å²) in [7, 11) is 0. The van der Waals surface area contributed by atoms with E-state index in [1.807, 2.05) is 6.08 Å². The molecular weight excluding hydrogens is 198 g/mol. The second kappa shape index (κ2) is 7.61. The Morgan fingerprint density at radius 2 is 2.12 bits per heavy atom. The molecule has 0 amide bonds. The molecule has 1 aliphatic carbocycles. The zero-order valence-electron chi connectivity index (χ0n) is 10.3. The number of allylic oxidation sites excluding steroid dienone is 1. The third kappa shape index (κ3) is 4.09. The highest BCUT2D eigenvalue weighted by atomic mass is 16.1. The fourth-order valence-electron chi connectivity index (χ4n) is 2.69. The van der Waals surface area contributed by atoms with E-state index < -0.39 is 0 Å². The van der Waals surface area contributed by atoms with Crippen LogP contribution in [0.5, 0.6) is 0 Å². The molecule has 1 rings (SSSR count). The Balaban J connectivity index is 2.16. The van der Waals surface area contributed by atoms with E-state index in [-0.39, 0.29) is 5.92 Å². The highest BCUT2D eigenvalue weighted by Gasteiger charge is 2.30. The van der Waals surface area contributed by atoms with Gasteiger partial charge in [0.2, 0.25) is 0 Å². The van der Waals surface area contributed by atoms with Gasteiger partial charge in [-0.2, -0.15) is 0 Å². The summed E-state index contributed by atoms with van der Waals surface area (Å²) < 4.78 is 0. The Bertz CT molecular complexity index is 225. The molecule has 0 heterocycles. The monoisotopic (exact) mass is 223 g/mol. The van der Waals surface area contributed by atoms with E-state index in [2.05, 4.69) is 6.58 Å². The van der Waals surface area contributed by atoms with Gasteiger partial charge in [0, 0.05) is 12.3 Å². The summed E-state index contributed by atoms with van der Waals surface area (Å²) in [5, 5.41) is 0. The maximum Gasteiger partial charge on any atom is 0.136 e. The number of hydrogen-bond donors (Lipinski definition) is 1. The molecule has 92 valence electrons. The van der Waals surface area contributed by atoms with Crippen molar-refractivity contribution in [3.63, 3.8) is 0 Å². The predicted octanol–water partition coefficient (Wildman–Crippen LogP) is 3.07. The predicted molar refractivity (Wildman–Crippen MR) is 68.2 cm³/mol. The number of Topliss-reactive ketones (excluding diaryl/α,β-unsaturated/α-hetero) is 1. The van der Waals surface area contributed by atoms with Crippen LogP contribution in [0.1, 0.15) is 51.4 Å². The van der Waals surface area contributed by atoms with Crippen molar-refractivity contribution >= 4 is 5.78 Å². The fourth-order valence-corrected chi connectivity index (χ4v) is 2.69. The lowest BCUT2D eigenvalue weighted by molar-refractivity contribution is -0.123. The van der Waals surface area contributed by atoms with Gasteiger partial charge in [0.05, 0.1) is 0 Å². The maximum atomic E-state index is 12.0. The van der Waals surface area contributed by atoms with E-state index in [1.165, 1.54) is 12.8 Å². The lowest BCUT2D eigenvalue weighted by Crippen LogP contribution is -2.25. The highest BCUT2D eigenvalue weighted by Crippen LogP contribution is 2.32. The zero-order valence-corrected chi connectivity index (χ0v) is 10.3.